The predicted octanol–water partition coefficient (Wildman–Crippen LogP) is 4.05. The molecule has 0 N–H and O–H groups in total. The van der Waals surface area contributed by atoms with E-state index >= 15 is 0 Å². The Morgan fingerprint density at radius 1 is 1.00 bits per heavy atom. The molecule has 0 spiro atoms. The Kier molecular flexibility index (Phi) is 4.79. The highest BCUT2D eigenvalue weighted by Gasteiger charge is 2.19. The molecule has 136 valence electrons. The molecule has 0 radical (unpaired) electrons. The summed E-state index contributed by atoms with van der Waals surface area (Å²) in [6.07, 6.45) is 0. The van der Waals surface area contributed by atoms with Crippen LogP contribution in [0.3, 0.4) is 0 Å². The van der Waals surface area contributed by atoms with E-state index in [2.05, 4.69) is 65.0 Å². The van der Waals surface area contributed by atoms with E-state index in [4.69, 9.17) is 5.26 Å². The van der Waals surface area contributed by atoms with Gasteiger partial charge in [0, 0.05) is 32.7 Å². The van der Waals surface area contributed by atoms with Crippen LogP contribution in [0.4, 0.5) is 5.82 Å². The number of rotatable bonds is 3. The summed E-state index contributed by atoms with van der Waals surface area (Å²) >= 11 is 0. The molecule has 4 heteroatoms. The number of hydrogen-bond acceptors (Lipinski definition) is 4. The van der Waals surface area contributed by atoms with Gasteiger partial charge in [-0.2, -0.15) is 5.26 Å². The van der Waals surface area contributed by atoms with Crippen LogP contribution in [-0.2, 0) is 6.54 Å². The van der Waals surface area contributed by atoms with Gasteiger partial charge >= 0.3 is 0 Å². The number of nitriles is 1. The second-order valence-electron chi connectivity index (χ2n) is 7.34. The van der Waals surface area contributed by atoms with E-state index in [1.807, 2.05) is 12.1 Å². The minimum Gasteiger partial charge on any atom is -0.354 e. The second kappa shape index (κ2) is 7.38. The van der Waals surface area contributed by atoms with E-state index < -0.39 is 0 Å². The zero-order chi connectivity index (χ0) is 18.8. The molecule has 3 aromatic rings. The van der Waals surface area contributed by atoms with Crippen LogP contribution >= 0.6 is 0 Å². The van der Waals surface area contributed by atoms with Gasteiger partial charge in [0.25, 0.3) is 0 Å². The Hall–Kier alpha value is -2.90. The van der Waals surface area contributed by atoms with Gasteiger partial charge in [-0.05, 0) is 47.9 Å². The van der Waals surface area contributed by atoms with Crippen LogP contribution in [0.2, 0.25) is 0 Å². The van der Waals surface area contributed by atoms with E-state index in [-0.39, 0.29) is 0 Å². The van der Waals surface area contributed by atoms with Crippen molar-refractivity contribution in [1.29, 1.82) is 5.26 Å². The molecule has 0 aliphatic carbocycles. The highest BCUT2D eigenvalue weighted by Crippen LogP contribution is 2.25. The summed E-state index contributed by atoms with van der Waals surface area (Å²) in [5.74, 6) is 0.908. The summed E-state index contributed by atoms with van der Waals surface area (Å²) in [7, 11) is 0. The Balaban J connectivity index is 1.49. The van der Waals surface area contributed by atoms with Crippen molar-refractivity contribution < 1.29 is 0 Å². The number of aryl methyl sites for hydroxylation is 2. The lowest BCUT2D eigenvalue weighted by molar-refractivity contribution is 0.249. The van der Waals surface area contributed by atoms with Gasteiger partial charge in [-0.25, -0.2) is 4.98 Å². The van der Waals surface area contributed by atoms with Gasteiger partial charge in [0.1, 0.15) is 17.6 Å². The SMILES string of the molecule is Cc1ccc2c(CN3CCN(c4cccc(C#N)n4)CC3)c(C)ccc2c1. The molecule has 1 saturated heterocycles. The number of benzene rings is 2. The molecule has 2 aromatic carbocycles. The van der Waals surface area contributed by atoms with Gasteiger partial charge in [0.15, 0.2) is 0 Å². The first-order valence-electron chi connectivity index (χ1n) is 9.47. The van der Waals surface area contributed by atoms with Gasteiger partial charge < -0.3 is 4.90 Å². The van der Waals surface area contributed by atoms with Gasteiger partial charge in [-0.1, -0.05) is 42.0 Å². The minimum atomic E-state index is 0.483. The normalized spacial score (nSPS) is 15.1. The maximum Gasteiger partial charge on any atom is 0.142 e. The zero-order valence-electron chi connectivity index (χ0n) is 15.9. The fourth-order valence-corrected chi connectivity index (χ4v) is 3.85. The molecule has 1 aliphatic heterocycles. The number of hydrogen-bond donors (Lipinski definition) is 0. The molecule has 4 nitrogen and oxygen atoms in total. The topological polar surface area (TPSA) is 43.2 Å². The summed E-state index contributed by atoms with van der Waals surface area (Å²) in [6, 6.07) is 19.0. The van der Waals surface area contributed by atoms with Crippen LogP contribution in [0.15, 0.2) is 48.5 Å². The smallest absolute Gasteiger partial charge is 0.142 e. The average molecular weight is 356 g/mol. The second-order valence-corrected chi connectivity index (χ2v) is 7.34. The first-order chi connectivity index (χ1) is 13.1. The van der Waals surface area contributed by atoms with Gasteiger partial charge in [-0.15, -0.1) is 0 Å². The van der Waals surface area contributed by atoms with Crippen LogP contribution in [-0.4, -0.2) is 36.1 Å². The lowest BCUT2D eigenvalue weighted by Gasteiger charge is -2.35. The van der Waals surface area contributed by atoms with E-state index in [1.165, 1.54) is 27.5 Å². The van der Waals surface area contributed by atoms with Crippen LogP contribution in [0.1, 0.15) is 22.4 Å². The van der Waals surface area contributed by atoms with Gasteiger partial charge in [0.2, 0.25) is 0 Å². The summed E-state index contributed by atoms with van der Waals surface area (Å²) < 4.78 is 0. The number of piperazine rings is 1. The largest absolute Gasteiger partial charge is 0.354 e. The number of aromatic nitrogens is 1. The molecular formula is C23H24N4. The van der Waals surface area contributed by atoms with Crippen molar-refractivity contribution in [2.45, 2.75) is 20.4 Å². The van der Waals surface area contributed by atoms with Crippen molar-refractivity contribution in [2.75, 3.05) is 31.1 Å². The summed E-state index contributed by atoms with van der Waals surface area (Å²) in [5, 5.41) is 11.7. The maximum absolute atomic E-state index is 9.06. The third-order valence-corrected chi connectivity index (χ3v) is 5.45. The fourth-order valence-electron chi connectivity index (χ4n) is 3.85. The third kappa shape index (κ3) is 3.65. The third-order valence-electron chi connectivity index (χ3n) is 5.45. The standard InChI is InChI=1S/C23H24N4/c1-17-6-9-21-19(14-17)8-7-18(2)22(21)16-26-10-12-27(13-11-26)23-5-3-4-20(15-24)25-23/h3-9,14H,10-13,16H2,1-2H3. The molecule has 0 bridgehead atoms. The Morgan fingerprint density at radius 3 is 2.59 bits per heavy atom. The molecule has 4 rings (SSSR count). The molecule has 0 amide bonds. The van der Waals surface area contributed by atoms with Crippen LogP contribution < -0.4 is 4.90 Å². The lowest BCUT2D eigenvalue weighted by atomic mass is 9.97. The Labute approximate surface area is 160 Å². The number of fused-ring (bicyclic) bond motifs is 1. The summed E-state index contributed by atoms with van der Waals surface area (Å²) in [6.45, 7) is 9.21. The van der Waals surface area contributed by atoms with Crippen molar-refractivity contribution in [3.8, 4) is 6.07 Å². The number of pyridine rings is 1. The summed E-state index contributed by atoms with van der Waals surface area (Å²) in [5.41, 5.74) is 4.58. The quantitative estimate of drug-likeness (QED) is 0.710. The number of nitrogens with zero attached hydrogens (tertiary/aromatic N) is 4. The molecule has 27 heavy (non-hydrogen) atoms. The highest BCUT2D eigenvalue weighted by atomic mass is 15.3. The van der Waals surface area contributed by atoms with Crippen LogP contribution in [0.25, 0.3) is 10.8 Å². The minimum absolute atomic E-state index is 0.483. The van der Waals surface area contributed by atoms with E-state index in [1.54, 1.807) is 6.07 Å². The van der Waals surface area contributed by atoms with Crippen molar-refractivity contribution in [3.05, 3.63) is 70.9 Å². The Bertz CT molecular complexity index is 1010. The van der Waals surface area contributed by atoms with E-state index in [0.717, 1.165) is 38.5 Å². The van der Waals surface area contributed by atoms with Crippen LogP contribution in [0.5, 0.6) is 0 Å². The molecule has 1 aliphatic rings. The first kappa shape index (κ1) is 17.5. The van der Waals surface area contributed by atoms with Gasteiger partial charge in [0.05, 0.1) is 0 Å². The molecular weight excluding hydrogens is 332 g/mol. The van der Waals surface area contributed by atoms with Crippen molar-refractivity contribution >= 4 is 16.6 Å². The highest BCUT2D eigenvalue weighted by molar-refractivity contribution is 5.87. The van der Waals surface area contributed by atoms with Crippen LogP contribution in [0, 0.1) is 25.2 Å². The number of anilines is 1. The van der Waals surface area contributed by atoms with Crippen molar-refractivity contribution in [3.63, 3.8) is 0 Å². The van der Waals surface area contributed by atoms with E-state index in [9.17, 15) is 0 Å². The zero-order valence-corrected chi connectivity index (χ0v) is 15.9. The maximum atomic E-state index is 9.06. The fraction of sp³-hybridized carbons (Fsp3) is 0.304. The molecule has 0 unspecified atom stereocenters. The average Bonchev–Trinajstić information content (AvgIpc) is 2.70. The molecule has 1 aromatic heterocycles. The Morgan fingerprint density at radius 2 is 1.81 bits per heavy atom. The predicted molar refractivity (Wildman–Crippen MR) is 110 cm³/mol. The molecule has 2 heterocycles. The van der Waals surface area contributed by atoms with E-state index in [0.29, 0.717) is 5.69 Å². The van der Waals surface area contributed by atoms with Crippen molar-refractivity contribution in [2.24, 2.45) is 0 Å². The van der Waals surface area contributed by atoms with Gasteiger partial charge in [-0.3, -0.25) is 4.90 Å². The lowest BCUT2D eigenvalue weighted by Crippen LogP contribution is -2.46. The van der Waals surface area contributed by atoms with Crippen molar-refractivity contribution in [1.82, 2.24) is 9.88 Å². The monoisotopic (exact) mass is 356 g/mol. The molecule has 1 fully saturated rings. The molecule has 0 atom stereocenters. The first-order valence-corrected chi connectivity index (χ1v) is 9.47. The summed E-state index contributed by atoms with van der Waals surface area (Å²) in [4.78, 5) is 9.23. The molecule has 0 saturated carbocycles.